The van der Waals surface area contributed by atoms with Gasteiger partial charge in [0.05, 0.1) is 23.7 Å². The molecule has 0 bridgehead atoms. The van der Waals surface area contributed by atoms with Crippen LogP contribution in [0.15, 0.2) is 21.6 Å². The van der Waals surface area contributed by atoms with Crippen LogP contribution in [-0.2, 0) is 10.3 Å². The van der Waals surface area contributed by atoms with Gasteiger partial charge in [0.25, 0.3) is 0 Å². The molecule has 0 atom stereocenters. The van der Waals surface area contributed by atoms with E-state index < -0.39 is 5.54 Å². The molecule has 0 radical (unpaired) electrons. The normalized spacial score (nSPS) is 16.6. The lowest BCUT2D eigenvalue weighted by atomic mass is 9.88. The maximum absolute atomic E-state index is 10.8. The monoisotopic (exact) mass is 339 g/mol. The van der Waals surface area contributed by atoms with Crippen LogP contribution in [0.3, 0.4) is 0 Å². The summed E-state index contributed by atoms with van der Waals surface area (Å²) < 4.78 is 11.8. The minimum Gasteiger partial charge on any atom is -0.492 e. The third-order valence-electron chi connectivity index (χ3n) is 3.74. The molecule has 1 aromatic carbocycles. The van der Waals surface area contributed by atoms with Crippen LogP contribution in [0.25, 0.3) is 0 Å². The molecule has 0 aliphatic heterocycles. The van der Waals surface area contributed by atoms with Crippen molar-refractivity contribution in [1.82, 2.24) is 0 Å². The fourth-order valence-corrected chi connectivity index (χ4v) is 3.41. The predicted molar refractivity (Wildman–Crippen MR) is 80.1 cm³/mol. The van der Waals surface area contributed by atoms with Crippen molar-refractivity contribution < 1.29 is 14.3 Å². The highest BCUT2D eigenvalue weighted by Gasteiger charge is 2.36. The van der Waals surface area contributed by atoms with Crippen LogP contribution in [0.1, 0.15) is 38.2 Å². The average Bonchev–Trinajstić information content (AvgIpc) is 2.89. The van der Waals surface area contributed by atoms with Gasteiger partial charge in [-0.25, -0.2) is 4.79 Å². The number of hydrogen-bond donors (Lipinski definition) is 0. The van der Waals surface area contributed by atoms with E-state index in [0.29, 0.717) is 18.1 Å². The fourth-order valence-electron chi connectivity index (χ4n) is 2.81. The number of aliphatic imine (C=N–C) groups is 1. The van der Waals surface area contributed by atoms with Crippen molar-refractivity contribution >= 4 is 22.0 Å². The molecule has 0 N–H and O–H groups in total. The molecule has 0 unspecified atom stereocenters. The van der Waals surface area contributed by atoms with E-state index in [4.69, 9.17) is 9.47 Å². The van der Waals surface area contributed by atoms with E-state index in [1.807, 2.05) is 19.1 Å². The Hall–Kier alpha value is -1.32. The van der Waals surface area contributed by atoms with Crippen molar-refractivity contribution in [3.05, 3.63) is 22.2 Å². The first-order valence-electron chi connectivity index (χ1n) is 6.76. The van der Waals surface area contributed by atoms with Crippen molar-refractivity contribution in [2.24, 2.45) is 4.99 Å². The lowest BCUT2D eigenvalue weighted by molar-refractivity contribution is 0.308. The minimum absolute atomic E-state index is 0.456. The smallest absolute Gasteiger partial charge is 0.235 e. The number of benzene rings is 1. The Kier molecular flexibility index (Phi) is 4.84. The molecule has 0 aromatic heterocycles. The molecule has 1 aliphatic carbocycles. The molecule has 0 saturated heterocycles. The van der Waals surface area contributed by atoms with E-state index in [0.717, 1.165) is 35.7 Å². The lowest BCUT2D eigenvalue weighted by Gasteiger charge is -2.24. The van der Waals surface area contributed by atoms with E-state index in [-0.39, 0.29) is 0 Å². The molecule has 108 valence electrons. The SMILES string of the molecule is CCOc1cc(C2(N=C=O)CCCC2)cc(Br)c1OC. The second-order valence-electron chi connectivity index (χ2n) is 4.86. The van der Waals surface area contributed by atoms with E-state index in [9.17, 15) is 4.79 Å². The number of methoxy groups -OCH3 is 1. The summed E-state index contributed by atoms with van der Waals surface area (Å²) in [6.07, 6.45) is 5.61. The van der Waals surface area contributed by atoms with Gasteiger partial charge in [-0.3, -0.25) is 0 Å². The first kappa shape index (κ1) is 15.1. The number of hydrogen-bond acceptors (Lipinski definition) is 4. The number of halogens is 1. The van der Waals surface area contributed by atoms with Gasteiger partial charge < -0.3 is 9.47 Å². The van der Waals surface area contributed by atoms with Gasteiger partial charge in [0.2, 0.25) is 6.08 Å². The number of nitrogens with zero attached hydrogens (tertiary/aromatic N) is 1. The zero-order chi connectivity index (χ0) is 14.6. The Labute approximate surface area is 127 Å². The van der Waals surface area contributed by atoms with Crippen LogP contribution in [-0.4, -0.2) is 19.8 Å². The van der Waals surface area contributed by atoms with Crippen molar-refractivity contribution in [1.29, 1.82) is 0 Å². The average molecular weight is 340 g/mol. The Bertz CT molecular complexity index is 532. The maximum Gasteiger partial charge on any atom is 0.235 e. The van der Waals surface area contributed by atoms with Crippen LogP contribution < -0.4 is 9.47 Å². The second kappa shape index (κ2) is 6.42. The predicted octanol–water partition coefficient (Wildman–Crippen LogP) is 3.96. The topological polar surface area (TPSA) is 47.9 Å². The standard InChI is InChI=1S/C15H18BrNO3/c1-3-20-13-9-11(8-12(16)14(13)19-2)15(17-10-18)6-4-5-7-15/h8-9H,3-7H2,1-2H3. The summed E-state index contributed by atoms with van der Waals surface area (Å²) in [5.74, 6) is 1.34. The first-order chi connectivity index (χ1) is 9.66. The third kappa shape index (κ3) is 2.74. The van der Waals surface area contributed by atoms with Crippen LogP contribution >= 0.6 is 15.9 Å². The zero-order valence-corrected chi connectivity index (χ0v) is 13.3. The first-order valence-corrected chi connectivity index (χ1v) is 7.56. The van der Waals surface area contributed by atoms with E-state index in [1.54, 1.807) is 13.2 Å². The third-order valence-corrected chi connectivity index (χ3v) is 4.33. The Morgan fingerprint density at radius 2 is 2.10 bits per heavy atom. The van der Waals surface area contributed by atoms with Gasteiger partial charge in [-0.05, 0) is 53.4 Å². The van der Waals surface area contributed by atoms with Crippen LogP contribution in [0.2, 0.25) is 0 Å². The lowest BCUT2D eigenvalue weighted by Crippen LogP contribution is -2.19. The van der Waals surface area contributed by atoms with E-state index in [2.05, 4.69) is 20.9 Å². The van der Waals surface area contributed by atoms with Gasteiger partial charge in [0.15, 0.2) is 11.5 Å². The molecule has 5 heteroatoms. The molecule has 0 spiro atoms. The highest BCUT2D eigenvalue weighted by atomic mass is 79.9. The van der Waals surface area contributed by atoms with Gasteiger partial charge in [-0.2, -0.15) is 4.99 Å². The molecular formula is C15H18BrNO3. The Morgan fingerprint density at radius 1 is 1.40 bits per heavy atom. The number of isocyanates is 1. The molecule has 4 nitrogen and oxygen atoms in total. The zero-order valence-electron chi connectivity index (χ0n) is 11.7. The largest absolute Gasteiger partial charge is 0.492 e. The minimum atomic E-state index is -0.456. The summed E-state index contributed by atoms with van der Waals surface area (Å²) in [5.41, 5.74) is 0.525. The van der Waals surface area contributed by atoms with Crippen molar-refractivity contribution in [3.63, 3.8) is 0 Å². The highest BCUT2D eigenvalue weighted by molar-refractivity contribution is 9.10. The molecule has 1 aromatic rings. The van der Waals surface area contributed by atoms with Crippen molar-refractivity contribution in [2.45, 2.75) is 38.1 Å². The van der Waals surface area contributed by atoms with Crippen molar-refractivity contribution in [2.75, 3.05) is 13.7 Å². The molecule has 0 heterocycles. The number of ether oxygens (including phenoxy) is 2. The molecule has 0 amide bonds. The molecule has 1 saturated carbocycles. The molecule has 1 fully saturated rings. The van der Waals surface area contributed by atoms with E-state index >= 15 is 0 Å². The van der Waals surface area contributed by atoms with Gasteiger partial charge >= 0.3 is 0 Å². The summed E-state index contributed by atoms with van der Waals surface area (Å²) in [5, 5.41) is 0. The summed E-state index contributed by atoms with van der Waals surface area (Å²) in [6.45, 7) is 2.48. The molecule has 20 heavy (non-hydrogen) atoms. The van der Waals surface area contributed by atoms with Crippen LogP contribution in [0.5, 0.6) is 11.5 Å². The molecule has 1 aliphatic rings. The highest BCUT2D eigenvalue weighted by Crippen LogP contribution is 2.46. The summed E-state index contributed by atoms with van der Waals surface area (Å²) in [7, 11) is 1.61. The molecular weight excluding hydrogens is 322 g/mol. The van der Waals surface area contributed by atoms with Gasteiger partial charge in [0, 0.05) is 0 Å². The second-order valence-corrected chi connectivity index (χ2v) is 5.72. The summed E-state index contributed by atoms with van der Waals surface area (Å²) in [4.78, 5) is 14.9. The van der Waals surface area contributed by atoms with E-state index in [1.165, 1.54) is 0 Å². The van der Waals surface area contributed by atoms with Gasteiger partial charge in [-0.1, -0.05) is 12.8 Å². The summed E-state index contributed by atoms with van der Waals surface area (Å²) in [6, 6.07) is 3.90. The maximum atomic E-state index is 10.8. The van der Waals surface area contributed by atoms with Gasteiger partial charge in [0.1, 0.15) is 0 Å². The van der Waals surface area contributed by atoms with Gasteiger partial charge in [-0.15, -0.1) is 0 Å². The quantitative estimate of drug-likeness (QED) is 0.602. The van der Waals surface area contributed by atoms with Crippen LogP contribution in [0.4, 0.5) is 0 Å². The van der Waals surface area contributed by atoms with Crippen LogP contribution in [0, 0.1) is 0 Å². The van der Waals surface area contributed by atoms with Crippen molar-refractivity contribution in [3.8, 4) is 11.5 Å². The Balaban J connectivity index is 2.53. The molecule has 2 rings (SSSR count). The fraction of sp³-hybridized carbons (Fsp3) is 0.533. The Morgan fingerprint density at radius 3 is 2.65 bits per heavy atom. The number of rotatable bonds is 5. The number of carbonyl (C=O) groups excluding carboxylic acids is 1. The summed E-state index contributed by atoms with van der Waals surface area (Å²) >= 11 is 3.51.